The molecular weight excluding hydrogens is 428 g/mol. The first-order chi connectivity index (χ1) is 16.1. The zero-order valence-corrected chi connectivity index (χ0v) is 19.9. The molecule has 0 aliphatic heterocycles. The summed E-state index contributed by atoms with van der Waals surface area (Å²) >= 11 is 0. The van der Waals surface area contributed by atoms with Crippen LogP contribution in [0.2, 0.25) is 0 Å². The van der Waals surface area contributed by atoms with Crippen molar-refractivity contribution in [1.82, 2.24) is 5.32 Å². The van der Waals surface area contributed by atoms with Crippen LogP contribution in [0.3, 0.4) is 0 Å². The van der Waals surface area contributed by atoms with Gasteiger partial charge in [0.2, 0.25) is 5.91 Å². The molecule has 3 rings (SSSR count). The van der Waals surface area contributed by atoms with Crippen molar-refractivity contribution in [2.75, 3.05) is 29.1 Å². The normalized spacial score (nSPS) is 10.8. The minimum atomic E-state index is -0.336. The lowest BCUT2D eigenvalue weighted by molar-refractivity contribution is -0.114. The molecule has 0 aromatic heterocycles. The van der Waals surface area contributed by atoms with Crippen LogP contribution in [-0.2, 0) is 4.79 Å². The second-order valence-electron chi connectivity index (χ2n) is 8.96. The smallest absolute Gasteiger partial charge is 0.258 e. The predicted octanol–water partition coefficient (Wildman–Crippen LogP) is 4.54. The lowest BCUT2D eigenvalue weighted by Gasteiger charge is -2.20. The molecule has 34 heavy (non-hydrogen) atoms. The molecule has 0 heterocycles. The zero-order chi connectivity index (χ0) is 24.7. The number of amides is 3. The third kappa shape index (κ3) is 6.93. The number of rotatable bonds is 7. The van der Waals surface area contributed by atoms with E-state index in [4.69, 9.17) is 0 Å². The number of benzene rings is 3. The maximum atomic E-state index is 12.7. The van der Waals surface area contributed by atoms with Crippen LogP contribution in [0.25, 0.3) is 0 Å². The molecule has 0 aliphatic rings. The monoisotopic (exact) mass is 458 g/mol. The fourth-order valence-corrected chi connectivity index (χ4v) is 3.23. The highest BCUT2D eigenvalue weighted by Crippen LogP contribution is 2.17. The highest BCUT2D eigenvalue weighted by atomic mass is 16.2. The quantitative estimate of drug-likeness (QED) is 0.485. The van der Waals surface area contributed by atoms with Crippen LogP contribution in [0, 0.1) is 0 Å². The molecule has 3 aromatic rings. The van der Waals surface area contributed by atoms with Crippen LogP contribution in [0.5, 0.6) is 0 Å². The lowest BCUT2D eigenvalue weighted by Crippen LogP contribution is -2.40. The molecule has 0 radical (unpaired) electrons. The van der Waals surface area contributed by atoms with Gasteiger partial charge in [-0.25, -0.2) is 0 Å². The third-order valence-corrected chi connectivity index (χ3v) is 4.93. The van der Waals surface area contributed by atoms with E-state index in [9.17, 15) is 14.4 Å². The van der Waals surface area contributed by atoms with E-state index in [1.54, 1.807) is 60.5 Å². The zero-order valence-electron chi connectivity index (χ0n) is 19.9. The van der Waals surface area contributed by atoms with E-state index in [-0.39, 0.29) is 29.8 Å². The highest BCUT2D eigenvalue weighted by molar-refractivity contribution is 6.06. The van der Waals surface area contributed by atoms with Gasteiger partial charge in [-0.2, -0.15) is 0 Å². The number of hydrogen-bond donors (Lipinski definition) is 3. The lowest BCUT2D eigenvalue weighted by atomic mass is 10.1. The van der Waals surface area contributed by atoms with E-state index in [1.165, 1.54) is 0 Å². The van der Waals surface area contributed by atoms with Gasteiger partial charge in [-0.1, -0.05) is 24.3 Å². The van der Waals surface area contributed by atoms with E-state index >= 15 is 0 Å². The second kappa shape index (κ2) is 10.7. The minimum absolute atomic E-state index is 0.0295. The van der Waals surface area contributed by atoms with E-state index in [1.807, 2.05) is 51.1 Å². The van der Waals surface area contributed by atoms with Gasteiger partial charge in [-0.3, -0.25) is 14.4 Å². The first-order valence-electron chi connectivity index (χ1n) is 11.0. The average Bonchev–Trinajstić information content (AvgIpc) is 2.82. The van der Waals surface area contributed by atoms with Gasteiger partial charge in [-0.15, -0.1) is 0 Å². The van der Waals surface area contributed by atoms with E-state index in [2.05, 4.69) is 16.0 Å². The first kappa shape index (κ1) is 24.5. The summed E-state index contributed by atoms with van der Waals surface area (Å²) in [7, 11) is 1.72. The average molecular weight is 459 g/mol. The maximum absolute atomic E-state index is 12.7. The summed E-state index contributed by atoms with van der Waals surface area (Å²) in [6.07, 6.45) is 0. The van der Waals surface area contributed by atoms with Crippen LogP contribution in [0.4, 0.5) is 17.1 Å². The molecule has 3 N–H and O–H groups in total. The Hall–Kier alpha value is -4.13. The summed E-state index contributed by atoms with van der Waals surface area (Å²) < 4.78 is 0. The van der Waals surface area contributed by atoms with Crippen molar-refractivity contribution in [1.29, 1.82) is 0 Å². The van der Waals surface area contributed by atoms with Gasteiger partial charge >= 0.3 is 0 Å². The topological polar surface area (TPSA) is 90.5 Å². The van der Waals surface area contributed by atoms with Crippen molar-refractivity contribution in [2.45, 2.75) is 26.3 Å². The van der Waals surface area contributed by atoms with Gasteiger partial charge in [0.25, 0.3) is 11.8 Å². The van der Waals surface area contributed by atoms with Crippen LogP contribution in [-0.4, -0.2) is 36.9 Å². The number of nitrogens with one attached hydrogen (secondary N) is 3. The number of anilines is 3. The number of para-hydroxylation sites is 1. The molecule has 0 saturated carbocycles. The number of carbonyl (C=O) groups excluding carboxylic acids is 3. The molecular formula is C27H30N4O3. The Bertz CT molecular complexity index is 1150. The molecule has 7 nitrogen and oxygen atoms in total. The molecule has 0 fully saturated rings. The molecule has 0 bridgehead atoms. The van der Waals surface area contributed by atoms with Gasteiger partial charge in [0, 0.05) is 40.8 Å². The van der Waals surface area contributed by atoms with Crippen molar-refractivity contribution in [2.24, 2.45) is 0 Å². The Morgan fingerprint density at radius 2 is 1.47 bits per heavy atom. The van der Waals surface area contributed by atoms with Gasteiger partial charge in [0.05, 0.1) is 6.54 Å². The van der Waals surface area contributed by atoms with Gasteiger partial charge in [0.15, 0.2) is 0 Å². The van der Waals surface area contributed by atoms with Gasteiger partial charge < -0.3 is 20.9 Å². The van der Waals surface area contributed by atoms with Crippen LogP contribution in [0.1, 0.15) is 41.5 Å². The fourth-order valence-electron chi connectivity index (χ4n) is 3.23. The third-order valence-electron chi connectivity index (χ3n) is 4.93. The largest absolute Gasteiger partial charge is 0.376 e. The number of hydrogen-bond acceptors (Lipinski definition) is 4. The summed E-state index contributed by atoms with van der Waals surface area (Å²) in [5.41, 5.74) is 2.76. The van der Waals surface area contributed by atoms with Crippen molar-refractivity contribution in [3.63, 3.8) is 0 Å². The van der Waals surface area contributed by atoms with Gasteiger partial charge in [-0.05, 0) is 75.4 Å². The minimum Gasteiger partial charge on any atom is -0.376 e. The Morgan fingerprint density at radius 3 is 2.12 bits per heavy atom. The van der Waals surface area contributed by atoms with Crippen molar-refractivity contribution in [3.8, 4) is 0 Å². The summed E-state index contributed by atoms with van der Waals surface area (Å²) in [4.78, 5) is 39.0. The van der Waals surface area contributed by atoms with E-state index in [0.717, 1.165) is 5.69 Å². The molecule has 3 amide bonds. The van der Waals surface area contributed by atoms with Gasteiger partial charge in [0.1, 0.15) is 0 Å². The molecule has 3 aromatic carbocycles. The molecule has 0 atom stereocenters. The summed E-state index contributed by atoms with van der Waals surface area (Å²) in [6.45, 7) is 5.78. The van der Waals surface area contributed by atoms with E-state index < -0.39 is 0 Å². The molecule has 0 spiro atoms. The van der Waals surface area contributed by atoms with Crippen LogP contribution < -0.4 is 20.9 Å². The van der Waals surface area contributed by atoms with Crippen LogP contribution >= 0.6 is 0 Å². The molecule has 0 saturated heterocycles. The Balaban J connectivity index is 1.54. The van der Waals surface area contributed by atoms with Crippen molar-refractivity contribution >= 4 is 34.8 Å². The Kier molecular flexibility index (Phi) is 7.68. The van der Waals surface area contributed by atoms with Crippen molar-refractivity contribution < 1.29 is 14.4 Å². The molecule has 7 heteroatoms. The van der Waals surface area contributed by atoms with Crippen LogP contribution in [0.15, 0.2) is 78.9 Å². The SMILES string of the molecule is CN(C(=O)c1ccc(NC(=O)CNc2cccc(C(=O)NC(C)(C)C)c2)cc1)c1ccccc1. The second-order valence-corrected chi connectivity index (χ2v) is 8.96. The fraction of sp³-hybridized carbons (Fsp3) is 0.222. The number of nitrogens with zero attached hydrogens (tertiary/aromatic N) is 1. The standard InChI is InChI=1S/C27H30N4O3/c1-27(2,3)30-25(33)20-9-8-10-22(17-20)28-18-24(32)29-21-15-13-19(14-16-21)26(34)31(4)23-11-6-5-7-12-23/h5-17,28H,18H2,1-4H3,(H,29,32)(H,30,33). The van der Waals surface area contributed by atoms with Crippen molar-refractivity contribution in [3.05, 3.63) is 90.0 Å². The maximum Gasteiger partial charge on any atom is 0.258 e. The summed E-state index contributed by atoms with van der Waals surface area (Å²) in [6, 6.07) is 23.1. The molecule has 0 unspecified atom stereocenters. The summed E-state index contributed by atoms with van der Waals surface area (Å²) in [5, 5.41) is 8.75. The van der Waals surface area contributed by atoms with E-state index in [0.29, 0.717) is 22.5 Å². The molecule has 176 valence electrons. The number of carbonyl (C=O) groups is 3. The Labute approximate surface area is 200 Å². The first-order valence-corrected chi connectivity index (χ1v) is 11.0. The Morgan fingerprint density at radius 1 is 0.794 bits per heavy atom. The molecule has 0 aliphatic carbocycles. The summed E-state index contributed by atoms with van der Waals surface area (Å²) in [5.74, 6) is -0.556. The predicted molar refractivity (Wildman–Crippen MR) is 136 cm³/mol. The highest BCUT2D eigenvalue weighted by Gasteiger charge is 2.16.